The van der Waals surface area contributed by atoms with E-state index in [1.807, 2.05) is 32.0 Å². The number of carbonyl (C=O) groups excluding carboxylic acids is 2. The van der Waals surface area contributed by atoms with Gasteiger partial charge in [0.1, 0.15) is 6.29 Å². The first-order valence-corrected chi connectivity index (χ1v) is 6.57. The maximum absolute atomic E-state index is 11.7. The molecule has 0 aliphatic carbocycles. The van der Waals surface area contributed by atoms with Gasteiger partial charge in [-0.2, -0.15) is 0 Å². The maximum atomic E-state index is 11.7. The average molecular weight is 268 g/mol. The van der Waals surface area contributed by atoms with Crippen molar-refractivity contribution in [3.8, 4) is 0 Å². The van der Waals surface area contributed by atoms with Gasteiger partial charge in [0, 0.05) is 11.6 Å². The molecule has 98 valence electrons. The SMILES string of the molecule is CCc1cccc(C(C)C(=O)CCl)c1NCC=O. The topological polar surface area (TPSA) is 46.2 Å². The number of halogens is 1. The molecule has 1 rings (SSSR count). The summed E-state index contributed by atoms with van der Waals surface area (Å²) in [6.45, 7) is 4.12. The van der Waals surface area contributed by atoms with Crippen LogP contribution < -0.4 is 5.32 Å². The summed E-state index contributed by atoms with van der Waals surface area (Å²) in [5, 5.41) is 3.08. The highest BCUT2D eigenvalue weighted by molar-refractivity contribution is 6.28. The van der Waals surface area contributed by atoms with E-state index >= 15 is 0 Å². The first-order valence-electron chi connectivity index (χ1n) is 6.03. The van der Waals surface area contributed by atoms with Crippen LogP contribution >= 0.6 is 11.6 Å². The van der Waals surface area contributed by atoms with Gasteiger partial charge >= 0.3 is 0 Å². The molecule has 4 heteroatoms. The van der Waals surface area contributed by atoms with Crippen molar-refractivity contribution in [2.75, 3.05) is 17.7 Å². The van der Waals surface area contributed by atoms with Crippen LogP contribution in [0.3, 0.4) is 0 Å². The van der Waals surface area contributed by atoms with Crippen molar-refractivity contribution in [3.05, 3.63) is 29.3 Å². The number of benzene rings is 1. The number of aryl methyl sites for hydroxylation is 1. The Morgan fingerprint density at radius 1 is 1.50 bits per heavy atom. The molecule has 1 aromatic rings. The van der Waals surface area contributed by atoms with Gasteiger partial charge < -0.3 is 10.1 Å². The third-order valence-corrected chi connectivity index (χ3v) is 3.27. The van der Waals surface area contributed by atoms with E-state index < -0.39 is 0 Å². The fraction of sp³-hybridized carbons (Fsp3) is 0.429. The number of hydrogen-bond acceptors (Lipinski definition) is 3. The fourth-order valence-electron chi connectivity index (χ4n) is 1.92. The Morgan fingerprint density at radius 3 is 2.78 bits per heavy atom. The fourth-order valence-corrected chi connectivity index (χ4v) is 2.16. The second-order valence-electron chi connectivity index (χ2n) is 4.10. The van der Waals surface area contributed by atoms with Gasteiger partial charge in [0.25, 0.3) is 0 Å². The van der Waals surface area contributed by atoms with Gasteiger partial charge in [0.2, 0.25) is 0 Å². The van der Waals surface area contributed by atoms with Crippen LogP contribution in [0.5, 0.6) is 0 Å². The quantitative estimate of drug-likeness (QED) is 0.610. The Hall–Kier alpha value is -1.35. The Labute approximate surface area is 113 Å². The molecule has 1 aromatic carbocycles. The molecule has 0 aromatic heterocycles. The van der Waals surface area contributed by atoms with Crippen molar-refractivity contribution >= 4 is 29.4 Å². The largest absolute Gasteiger partial charge is 0.378 e. The molecular formula is C14H18ClNO2. The number of anilines is 1. The first-order chi connectivity index (χ1) is 8.65. The lowest BCUT2D eigenvalue weighted by molar-refractivity contribution is -0.117. The minimum atomic E-state index is -0.261. The summed E-state index contributed by atoms with van der Waals surface area (Å²) in [5.74, 6) is -0.271. The standard InChI is InChI=1S/C14H18ClNO2/c1-3-11-5-4-6-12(10(2)13(18)9-15)14(11)16-7-8-17/h4-6,8,10,16H,3,7,9H2,1-2H3. The van der Waals surface area contributed by atoms with E-state index in [0.29, 0.717) is 0 Å². The molecular weight excluding hydrogens is 250 g/mol. The van der Waals surface area contributed by atoms with E-state index in [1.165, 1.54) is 0 Å². The van der Waals surface area contributed by atoms with Crippen molar-refractivity contribution in [2.24, 2.45) is 0 Å². The van der Waals surface area contributed by atoms with Crippen LogP contribution in [0.25, 0.3) is 0 Å². The van der Waals surface area contributed by atoms with Gasteiger partial charge in [-0.15, -0.1) is 11.6 Å². The Morgan fingerprint density at radius 2 is 2.22 bits per heavy atom. The van der Waals surface area contributed by atoms with Crippen LogP contribution in [0.15, 0.2) is 18.2 Å². The molecule has 1 atom stereocenters. The lowest BCUT2D eigenvalue weighted by Gasteiger charge is -2.18. The molecule has 0 saturated heterocycles. The molecule has 0 aliphatic heterocycles. The van der Waals surface area contributed by atoms with E-state index in [9.17, 15) is 9.59 Å². The molecule has 18 heavy (non-hydrogen) atoms. The minimum absolute atomic E-state index is 0.00460. The highest BCUT2D eigenvalue weighted by Crippen LogP contribution is 2.29. The van der Waals surface area contributed by atoms with Crippen molar-refractivity contribution in [3.63, 3.8) is 0 Å². The molecule has 0 amide bonds. The Balaban J connectivity index is 3.16. The molecule has 1 N–H and O–H groups in total. The van der Waals surface area contributed by atoms with Crippen LogP contribution in [0, 0.1) is 0 Å². The van der Waals surface area contributed by atoms with Crippen LogP contribution in [-0.2, 0) is 16.0 Å². The van der Waals surface area contributed by atoms with Crippen molar-refractivity contribution < 1.29 is 9.59 Å². The predicted octanol–water partition coefficient (Wildman–Crippen LogP) is 2.77. The van der Waals surface area contributed by atoms with Gasteiger partial charge in [-0.05, 0) is 17.5 Å². The van der Waals surface area contributed by atoms with Gasteiger partial charge in [-0.25, -0.2) is 0 Å². The normalized spacial score (nSPS) is 11.9. The molecule has 0 aliphatic rings. The van der Waals surface area contributed by atoms with E-state index in [2.05, 4.69) is 5.32 Å². The highest BCUT2D eigenvalue weighted by Gasteiger charge is 2.18. The first kappa shape index (κ1) is 14.7. The average Bonchev–Trinajstić information content (AvgIpc) is 2.42. The second kappa shape index (κ2) is 7.17. The molecule has 0 heterocycles. The molecule has 0 radical (unpaired) electrons. The molecule has 1 unspecified atom stereocenters. The summed E-state index contributed by atoms with van der Waals surface area (Å²) in [5.41, 5.74) is 2.89. The number of Topliss-reactive ketones (excluding diaryl/α,β-unsaturated/α-hetero) is 1. The molecule has 3 nitrogen and oxygen atoms in total. The number of carbonyl (C=O) groups is 2. The van der Waals surface area contributed by atoms with Crippen molar-refractivity contribution in [2.45, 2.75) is 26.2 Å². The van der Waals surface area contributed by atoms with Gasteiger partial charge in [0.15, 0.2) is 5.78 Å². The molecule has 0 fully saturated rings. The molecule has 0 spiro atoms. The summed E-state index contributed by atoms with van der Waals surface area (Å²) in [6, 6.07) is 5.83. The van der Waals surface area contributed by atoms with Crippen LogP contribution in [0.1, 0.15) is 30.9 Å². The third kappa shape index (κ3) is 3.33. The van der Waals surface area contributed by atoms with E-state index in [-0.39, 0.29) is 24.1 Å². The number of para-hydroxylation sites is 1. The van der Waals surface area contributed by atoms with Gasteiger partial charge in [0.05, 0.1) is 12.4 Å². The number of alkyl halides is 1. The zero-order valence-corrected chi connectivity index (χ0v) is 11.5. The zero-order chi connectivity index (χ0) is 13.5. The minimum Gasteiger partial charge on any atom is -0.378 e. The second-order valence-corrected chi connectivity index (χ2v) is 4.37. The van der Waals surface area contributed by atoms with E-state index in [1.54, 1.807) is 0 Å². The van der Waals surface area contributed by atoms with Crippen molar-refractivity contribution in [1.82, 2.24) is 0 Å². The zero-order valence-electron chi connectivity index (χ0n) is 10.7. The van der Waals surface area contributed by atoms with Gasteiger partial charge in [-0.3, -0.25) is 4.79 Å². The third-order valence-electron chi connectivity index (χ3n) is 3.01. The summed E-state index contributed by atoms with van der Waals surface area (Å²) in [4.78, 5) is 22.2. The Bertz CT molecular complexity index is 432. The predicted molar refractivity (Wildman–Crippen MR) is 74.5 cm³/mol. The maximum Gasteiger partial charge on any atom is 0.154 e. The van der Waals surface area contributed by atoms with Crippen LogP contribution in [0.4, 0.5) is 5.69 Å². The highest BCUT2D eigenvalue weighted by atomic mass is 35.5. The lowest BCUT2D eigenvalue weighted by atomic mass is 9.92. The number of ketones is 1. The summed E-state index contributed by atoms with van der Waals surface area (Å²) < 4.78 is 0. The van der Waals surface area contributed by atoms with E-state index in [4.69, 9.17) is 11.6 Å². The summed E-state index contributed by atoms with van der Waals surface area (Å²) in [6.07, 6.45) is 1.65. The number of aldehydes is 1. The Kier molecular flexibility index (Phi) is 5.86. The lowest BCUT2D eigenvalue weighted by Crippen LogP contribution is -2.15. The monoisotopic (exact) mass is 267 g/mol. The molecule has 0 bridgehead atoms. The number of hydrogen-bond donors (Lipinski definition) is 1. The van der Waals surface area contributed by atoms with Crippen LogP contribution in [0.2, 0.25) is 0 Å². The van der Waals surface area contributed by atoms with Gasteiger partial charge in [-0.1, -0.05) is 32.0 Å². The summed E-state index contributed by atoms with van der Waals surface area (Å²) in [7, 11) is 0. The smallest absolute Gasteiger partial charge is 0.154 e. The van der Waals surface area contributed by atoms with Crippen LogP contribution in [-0.4, -0.2) is 24.5 Å². The molecule has 0 saturated carbocycles. The van der Waals surface area contributed by atoms with Crippen molar-refractivity contribution in [1.29, 1.82) is 0 Å². The summed E-state index contributed by atoms with van der Waals surface area (Å²) >= 11 is 5.60. The number of rotatable bonds is 7. The van der Waals surface area contributed by atoms with E-state index in [0.717, 1.165) is 29.5 Å². The number of nitrogens with one attached hydrogen (secondary N) is 1.